The summed E-state index contributed by atoms with van der Waals surface area (Å²) in [5.41, 5.74) is 1.77. The molecule has 2 heterocycles. The second-order valence-corrected chi connectivity index (χ2v) is 10.00. The molecule has 194 valence electrons. The van der Waals surface area contributed by atoms with E-state index in [1.54, 1.807) is 11.0 Å². The lowest BCUT2D eigenvalue weighted by Gasteiger charge is -2.27. The Hall–Kier alpha value is -3.10. The summed E-state index contributed by atoms with van der Waals surface area (Å²) in [5.74, 6) is -0.916. The van der Waals surface area contributed by atoms with Crippen LogP contribution < -0.4 is 5.32 Å². The molecule has 0 saturated carbocycles. The second kappa shape index (κ2) is 11.8. The van der Waals surface area contributed by atoms with Crippen LogP contribution in [0.1, 0.15) is 60.0 Å². The van der Waals surface area contributed by atoms with Crippen molar-refractivity contribution in [3.63, 3.8) is 0 Å². The van der Waals surface area contributed by atoms with Crippen molar-refractivity contribution in [2.24, 2.45) is 0 Å². The first-order valence-electron chi connectivity index (χ1n) is 12.8. The molecule has 2 fully saturated rings. The van der Waals surface area contributed by atoms with E-state index in [9.17, 15) is 19.8 Å². The van der Waals surface area contributed by atoms with Crippen molar-refractivity contribution in [1.29, 1.82) is 0 Å². The van der Waals surface area contributed by atoms with Gasteiger partial charge in [-0.2, -0.15) is 0 Å². The molecule has 0 spiro atoms. The number of phenolic OH excluding ortho intramolecular Hbond substituents is 2. The van der Waals surface area contributed by atoms with Gasteiger partial charge < -0.3 is 25.2 Å². The smallest absolute Gasteiger partial charge is 0.258 e. The minimum Gasteiger partial charge on any atom is -0.508 e. The Balaban J connectivity index is 1.49. The van der Waals surface area contributed by atoms with Crippen LogP contribution in [0.25, 0.3) is 0 Å². The van der Waals surface area contributed by atoms with Crippen LogP contribution in [0.4, 0.5) is 0 Å². The van der Waals surface area contributed by atoms with E-state index in [0.29, 0.717) is 25.1 Å². The van der Waals surface area contributed by atoms with E-state index in [2.05, 4.69) is 10.2 Å². The fourth-order valence-electron chi connectivity index (χ4n) is 5.11. The third-order valence-electron chi connectivity index (χ3n) is 7.19. The predicted molar refractivity (Wildman–Crippen MR) is 137 cm³/mol. The Labute approximate surface area is 212 Å². The number of nitrogens with zero attached hydrogens (tertiary/aromatic N) is 2. The Bertz CT molecular complexity index is 1050. The van der Waals surface area contributed by atoms with Crippen LogP contribution in [0.15, 0.2) is 42.5 Å². The molecule has 0 aromatic heterocycles. The maximum absolute atomic E-state index is 13.7. The van der Waals surface area contributed by atoms with Gasteiger partial charge in [-0.25, -0.2) is 0 Å². The van der Waals surface area contributed by atoms with Gasteiger partial charge >= 0.3 is 0 Å². The molecular weight excluding hydrogens is 458 g/mol. The van der Waals surface area contributed by atoms with Gasteiger partial charge in [0.15, 0.2) is 0 Å². The van der Waals surface area contributed by atoms with Gasteiger partial charge in [0.05, 0.1) is 18.8 Å². The maximum atomic E-state index is 13.7. The van der Waals surface area contributed by atoms with E-state index in [-0.39, 0.29) is 34.8 Å². The number of ether oxygens (including phenoxy) is 1. The molecule has 2 aromatic carbocycles. The summed E-state index contributed by atoms with van der Waals surface area (Å²) in [6.45, 7) is 8.94. The quantitative estimate of drug-likeness (QED) is 0.487. The standard InChI is InChI=1S/C28H37N3O5/c1-19(2)22-16-23(26(33)17-25(22)32)28(35)31-18-21(20-7-4-3-5-8-20)15-24(31)27(34)29-9-6-10-30-11-13-36-14-12-30/h3-5,7-8,16-17,19,21,24,32-33H,6,9-15,18H2,1-2H3,(H,29,34)/t21-,24+/m0/s1. The van der Waals surface area contributed by atoms with E-state index in [0.717, 1.165) is 44.8 Å². The normalized spacial score (nSPS) is 20.6. The van der Waals surface area contributed by atoms with Crippen molar-refractivity contribution in [3.05, 3.63) is 59.2 Å². The molecule has 2 amide bonds. The molecule has 0 aliphatic carbocycles. The molecular formula is C28H37N3O5. The molecule has 8 nitrogen and oxygen atoms in total. The van der Waals surface area contributed by atoms with Crippen LogP contribution in [-0.2, 0) is 9.53 Å². The molecule has 4 rings (SSSR count). The second-order valence-electron chi connectivity index (χ2n) is 10.00. The van der Waals surface area contributed by atoms with Gasteiger partial charge in [-0.1, -0.05) is 44.2 Å². The van der Waals surface area contributed by atoms with Gasteiger partial charge in [0.1, 0.15) is 17.5 Å². The fourth-order valence-corrected chi connectivity index (χ4v) is 5.11. The molecule has 2 saturated heterocycles. The minimum absolute atomic E-state index is 0.0167. The van der Waals surface area contributed by atoms with Crippen molar-refractivity contribution in [2.75, 3.05) is 45.9 Å². The molecule has 3 N–H and O–H groups in total. The number of rotatable bonds is 8. The van der Waals surface area contributed by atoms with Crippen molar-refractivity contribution >= 4 is 11.8 Å². The summed E-state index contributed by atoms with van der Waals surface area (Å²) in [5, 5.41) is 23.8. The molecule has 2 aromatic rings. The molecule has 0 radical (unpaired) electrons. The summed E-state index contributed by atoms with van der Waals surface area (Å²) >= 11 is 0. The Morgan fingerprint density at radius 1 is 1.08 bits per heavy atom. The van der Waals surface area contributed by atoms with E-state index in [4.69, 9.17) is 4.74 Å². The van der Waals surface area contributed by atoms with Crippen LogP contribution in [0.2, 0.25) is 0 Å². The van der Waals surface area contributed by atoms with Gasteiger partial charge in [0.25, 0.3) is 5.91 Å². The van der Waals surface area contributed by atoms with Crippen LogP contribution in [0.5, 0.6) is 11.5 Å². The number of phenols is 2. The van der Waals surface area contributed by atoms with E-state index < -0.39 is 11.9 Å². The number of amides is 2. The first-order chi connectivity index (χ1) is 17.3. The highest BCUT2D eigenvalue weighted by Gasteiger charge is 2.41. The van der Waals surface area contributed by atoms with Crippen molar-refractivity contribution in [3.8, 4) is 11.5 Å². The molecule has 8 heteroatoms. The summed E-state index contributed by atoms with van der Waals surface area (Å²) in [6.07, 6.45) is 1.34. The van der Waals surface area contributed by atoms with Gasteiger partial charge in [-0.15, -0.1) is 0 Å². The summed E-state index contributed by atoms with van der Waals surface area (Å²) in [7, 11) is 0. The number of likely N-dealkylation sites (tertiary alicyclic amines) is 1. The number of hydrogen-bond acceptors (Lipinski definition) is 6. The average molecular weight is 496 g/mol. The SMILES string of the molecule is CC(C)c1cc(C(=O)N2C[C@@H](c3ccccc3)C[C@@H]2C(=O)NCCCN2CCOCC2)c(O)cc1O. The van der Waals surface area contributed by atoms with Crippen molar-refractivity contribution in [2.45, 2.75) is 44.6 Å². The molecule has 2 aliphatic heterocycles. The number of carbonyl (C=O) groups excluding carboxylic acids is 2. The number of morpholine rings is 1. The van der Waals surface area contributed by atoms with Gasteiger partial charge in [0.2, 0.25) is 5.91 Å². The number of benzene rings is 2. The largest absolute Gasteiger partial charge is 0.508 e. The first-order valence-corrected chi connectivity index (χ1v) is 12.8. The number of aromatic hydroxyl groups is 2. The lowest BCUT2D eigenvalue weighted by atomic mass is 9.96. The Kier molecular flexibility index (Phi) is 8.48. The number of carbonyl (C=O) groups is 2. The van der Waals surface area contributed by atoms with Gasteiger partial charge in [-0.05, 0) is 42.5 Å². The predicted octanol–water partition coefficient (Wildman–Crippen LogP) is 3.06. The van der Waals surface area contributed by atoms with Crippen molar-refractivity contribution < 1.29 is 24.5 Å². The third-order valence-corrected chi connectivity index (χ3v) is 7.19. The zero-order valence-corrected chi connectivity index (χ0v) is 21.2. The van der Waals surface area contributed by atoms with Crippen LogP contribution in [-0.4, -0.2) is 83.8 Å². The minimum atomic E-state index is -0.637. The zero-order chi connectivity index (χ0) is 25.7. The third kappa shape index (κ3) is 5.99. The van der Waals surface area contributed by atoms with Gasteiger partial charge in [-0.3, -0.25) is 14.5 Å². The summed E-state index contributed by atoms with van der Waals surface area (Å²) in [4.78, 5) is 30.9. The van der Waals surface area contributed by atoms with E-state index in [1.807, 2.05) is 44.2 Å². The van der Waals surface area contributed by atoms with Crippen LogP contribution in [0.3, 0.4) is 0 Å². The monoisotopic (exact) mass is 495 g/mol. The first kappa shape index (κ1) is 26.0. The van der Waals surface area contributed by atoms with E-state index >= 15 is 0 Å². The molecule has 0 unspecified atom stereocenters. The lowest BCUT2D eigenvalue weighted by molar-refractivity contribution is -0.124. The summed E-state index contributed by atoms with van der Waals surface area (Å²) < 4.78 is 5.38. The maximum Gasteiger partial charge on any atom is 0.258 e. The zero-order valence-electron chi connectivity index (χ0n) is 21.2. The molecule has 0 bridgehead atoms. The highest BCUT2D eigenvalue weighted by atomic mass is 16.5. The topological polar surface area (TPSA) is 102 Å². The Morgan fingerprint density at radius 2 is 1.81 bits per heavy atom. The van der Waals surface area contributed by atoms with E-state index in [1.165, 1.54) is 6.07 Å². The highest BCUT2D eigenvalue weighted by molar-refractivity contribution is 6.00. The van der Waals surface area contributed by atoms with Crippen LogP contribution in [0, 0.1) is 0 Å². The Morgan fingerprint density at radius 3 is 2.50 bits per heavy atom. The molecule has 36 heavy (non-hydrogen) atoms. The fraction of sp³-hybridized carbons (Fsp3) is 0.500. The lowest BCUT2D eigenvalue weighted by Crippen LogP contribution is -2.46. The summed E-state index contributed by atoms with van der Waals surface area (Å²) in [6, 6.07) is 12.0. The number of hydrogen-bond donors (Lipinski definition) is 3. The molecule has 2 atom stereocenters. The average Bonchev–Trinajstić information content (AvgIpc) is 3.33. The molecule has 2 aliphatic rings. The van der Waals surface area contributed by atoms with Crippen molar-refractivity contribution in [1.82, 2.24) is 15.1 Å². The van der Waals surface area contributed by atoms with Crippen LogP contribution >= 0.6 is 0 Å². The highest BCUT2D eigenvalue weighted by Crippen LogP contribution is 2.37. The van der Waals surface area contributed by atoms with Gasteiger partial charge in [0, 0.05) is 38.2 Å². The number of nitrogens with one attached hydrogen (secondary N) is 1.